The number of aliphatic hydroxyl groups is 1. The van der Waals surface area contributed by atoms with Crippen molar-refractivity contribution in [1.29, 1.82) is 0 Å². The zero-order valence-electron chi connectivity index (χ0n) is 10.3. The molecule has 2 N–H and O–H groups in total. The molecule has 0 bridgehead atoms. The van der Waals surface area contributed by atoms with Crippen LogP contribution in [0.2, 0.25) is 0 Å². The number of benzene rings is 1. The van der Waals surface area contributed by atoms with Gasteiger partial charge >= 0.3 is 0 Å². The molecule has 2 rings (SSSR count). The summed E-state index contributed by atoms with van der Waals surface area (Å²) in [6.45, 7) is 5.08. The molecule has 0 amide bonds. The molecule has 0 saturated carbocycles. The molecule has 1 aromatic rings. The second-order valence-electron chi connectivity index (χ2n) is 5.09. The van der Waals surface area contributed by atoms with Crippen molar-refractivity contribution < 1.29 is 10.2 Å². The molecule has 3 nitrogen and oxygen atoms in total. The maximum absolute atomic E-state index is 10.1. The number of aliphatic hydroxyl groups excluding tert-OH is 1. The number of hydrogen-bond donors (Lipinski definition) is 2. The maximum Gasteiger partial charge on any atom is 0.115 e. The minimum Gasteiger partial charge on any atom is -0.508 e. The summed E-state index contributed by atoms with van der Waals surface area (Å²) < 4.78 is 0. The van der Waals surface area contributed by atoms with Crippen LogP contribution in [-0.4, -0.2) is 34.7 Å². The highest BCUT2D eigenvalue weighted by Gasteiger charge is 2.19. The molecule has 0 radical (unpaired) electrons. The van der Waals surface area contributed by atoms with Crippen LogP contribution < -0.4 is 0 Å². The molecule has 1 fully saturated rings. The van der Waals surface area contributed by atoms with E-state index in [1.54, 1.807) is 18.2 Å². The van der Waals surface area contributed by atoms with Gasteiger partial charge in [-0.2, -0.15) is 0 Å². The molecule has 0 aromatic heterocycles. The molecule has 1 atom stereocenters. The number of aromatic hydroxyl groups is 1. The lowest BCUT2D eigenvalue weighted by Crippen LogP contribution is -2.35. The van der Waals surface area contributed by atoms with Crippen LogP contribution in [-0.2, 0) is 0 Å². The quantitative estimate of drug-likeness (QED) is 0.843. The molecule has 94 valence electrons. The number of nitrogens with zero attached hydrogens (tertiary/aromatic N) is 1. The Hall–Kier alpha value is -1.06. The first kappa shape index (κ1) is 12.4. The van der Waals surface area contributed by atoms with Gasteiger partial charge in [0, 0.05) is 6.54 Å². The Morgan fingerprint density at radius 3 is 2.71 bits per heavy atom. The molecule has 1 aliphatic heterocycles. The number of phenolic OH excluding ortho intramolecular Hbond substituents is 1. The van der Waals surface area contributed by atoms with E-state index in [4.69, 9.17) is 0 Å². The fourth-order valence-electron chi connectivity index (χ4n) is 2.33. The molecular weight excluding hydrogens is 214 g/mol. The van der Waals surface area contributed by atoms with Crippen LogP contribution >= 0.6 is 0 Å². The maximum atomic E-state index is 10.1. The van der Waals surface area contributed by atoms with Gasteiger partial charge in [0.25, 0.3) is 0 Å². The Morgan fingerprint density at radius 2 is 2.06 bits per heavy atom. The number of piperidine rings is 1. The first-order chi connectivity index (χ1) is 8.15. The van der Waals surface area contributed by atoms with Crippen molar-refractivity contribution in [2.75, 3.05) is 19.6 Å². The van der Waals surface area contributed by atoms with Crippen LogP contribution in [0.3, 0.4) is 0 Å². The molecule has 1 unspecified atom stereocenters. The lowest BCUT2D eigenvalue weighted by atomic mass is 9.98. The number of likely N-dealkylation sites (tertiary alicyclic amines) is 1. The molecule has 1 saturated heterocycles. The van der Waals surface area contributed by atoms with Crippen molar-refractivity contribution >= 4 is 0 Å². The topological polar surface area (TPSA) is 43.7 Å². The van der Waals surface area contributed by atoms with Gasteiger partial charge in [-0.25, -0.2) is 0 Å². The van der Waals surface area contributed by atoms with Crippen molar-refractivity contribution in [3.05, 3.63) is 29.8 Å². The highest BCUT2D eigenvalue weighted by molar-refractivity contribution is 5.28. The minimum atomic E-state index is -0.504. The number of phenols is 1. The van der Waals surface area contributed by atoms with E-state index in [2.05, 4.69) is 11.8 Å². The van der Waals surface area contributed by atoms with E-state index in [1.165, 1.54) is 12.8 Å². The van der Waals surface area contributed by atoms with Crippen LogP contribution in [0.4, 0.5) is 0 Å². The average molecular weight is 235 g/mol. The Kier molecular flexibility index (Phi) is 4.02. The highest BCUT2D eigenvalue weighted by atomic mass is 16.3. The summed E-state index contributed by atoms with van der Waals surface area (Å²) in [7, 11) is 0. The van der Waals surface area contributed by atoms with Gasteiger partial charge in [0.15, 0.2) is 0 Å². The van der Waals surface area contributed by atoms with E-state index < -0.39 is 6.10 Å². The molecule has 17 heavy (non-hydrogen) atoms. The fraction of sp³-hybridized carbons (Fsp3) is 0.571. The third kappa shape index (κ3) is 3.45. The zero-order valence-corrected chi connectivity index (χ0v) is 10.3. The average Bonchev–Trinajstić information content (AvgIpc) is 2.32. The first-order valence-electron chi connectivity index (χ1n) is 6.34. The predicted octanol–water partition coefficient (Wildman–Crippen LogP) is 2.16. The van der Waals surface area contributed by atoms with Crippen molar-refractivity contribution in [1.82, 2.24) is 4.90 Å². The smallest absolute Gasteiger partial charge is 0.115 e. The Balaban J connectivity index is 1.90. The molecule has 0 aliphatic carbocycles. The summed E-state index contributed by atoms with van der Waals surface area (Å²) in [5.41, 5.74) is 0.795. The van der Waals surface area contributed by atoms with Crippen LogP contribution in [0.25, 0.3) is 0 Å². The van der Waals surface area contributed by atoms with Crippen molar-refractivity contribution in [3.8, 4) is 5.75 Å². The molecular formula is C14H21NO2. The van der Waals surface area contributed by atoms with Gasteiger partial charge in [-0.05, 0) is 49.5 Å². The largest absolute Gasteiger partial charge is 0.508 e. The van der Waals surface area contributed by atoms with Crippen molar-refractivity contribution in [3.63, 3.8) is 0 Å². The third-order valence-corrected chi connectivity index (χ3v) is 3.56. The van der Waals surface area contributed by atoms with E-state index in [1.807, 2.05) is 6.07 Å². The van der Waals surface area contributed by atoms with E-state index in [0.29, 0.717) is 6.54 Å². The van der Waals surface area contributed by atoms with Gasteiger partial charge in [0.1, 0.15) is 5.75 Å². The summed E-state index contributed by atoms with van der Waals surface area (Å²) in [6, 6.07) is 6.89. The second-order valence-corrected chi connectivity index (χ2v) is 5.09. The SMILES string of the molecule is CC1CCN(CC(O)c2cccc(O)c2)CC1. The summed E-state index contributed by atoms with van der Waals surface area (Å²) in [5.74, 6) is 1.03. The summed E-state index contributed by atoms with van der Waals surface area (Å²) in [6.07, 6.45) is 1.93. The molecule has 1 aliphatic rings. The standard InChI is InChI=1S/C14H21NO2/c1-11-5-7-15(8-6-11)10-14(17)12-3-2-4-13(16)9-12/h2-4,9,11,14,16-17H,5-8,10H2,1H3. The highest BCUT2D eigenvalue weighted by Crippen LogP contribution is 2.22. The summed E-state index contributed by atoms with van der Waals surface area (Å²) in [5, 5.41) is 19.5. The van der Waals surface area contributed by atoms with Crippen LogP contribution in [0.15, 0.2) is 24.3 Å². The fourth-order valence-corrected chi connectivity index (χ4v) is 2.33. The normalized spacial score (nSPS) is 20.4. The first-order valence-corrected chi connectivity index (χ1v) is 6.34. The van der Waals surface area contributed by atoms with Gasteiger partial charge in [-0.15, -0.1) is 0 Å². The van der Waals surface area contributed by atoms with Crippen molar-refractivity contribution in [2.24, 2.45) is 5.92 Å². The van der Waals surface area contributed by atoms with Gasteiger partial charge in [0.05, 0.1) is 6.10 Å². The van der Waals surface area contributed by atoms with E-state index in [-0.39, 0.29) is 5.75 Å². The lowest BCUT2D eigenvalue weighted by molar-refractivity contribution is 0.0915. The molecule has 3 heteroatoms. The molecule has 1 heterocycles. The second kappa shape index (κ2) is 5.52. The van der Waals surface area contributed by atoms with E-state index in [0.717, 1.165) is 24.6 Å². The molecule has 1 aromatic carbocycles. The van der Waals surface area contributed by atoms with E-state index >= 15 is 0 Å². The number of rotatable bonds is 3. The van der Waals surface area contributed by atoms with Gasteiger partial charge < -0.3 is 15.1 Å². The van der Waals surface area contributed by atoms with E-state index in [9.17, 15) is 10.2 Å². The third-order valence-electron chi connectivity index (χ3n) is 3.56. The number of hydrogen-bond acceptors (Lipinski definition) is 3. The monoisotopic (exact) mass is 235 g/mol. The summed E-state index contributed by atoms with van der Waals surface area (Å²) in [4.78, 5) is 2.30. The predicted molar refractivity (Wildman–Crippen MR) is 67.9 cm³/mol. The van der Waals surface area contributed by atoms with Crippen LogP contribution in [0.1, 0.15) is 31.4 Å². The Labute approximate surface area is 103 Å². The van der Waals surface area contributed by atoms with Crippen LogP contribution in [0, 0.1) is 5.92 Å². The van der Waals surface area contributed by atoms with Crippen LogP contribution in [0.5, 0.6) is 5.75 Å². The zero-order chi connectivity index (χ0) is 12.3. The van der Waals surface area contributed by atoms with Gasteiger partial charge in [-0.1, -0.05) is 19.1 Å². The van der Waals surface area contributed by atoms with Gasteiger partial charge in [-0.3, -0.25) is 0 Å². The summed E-state index contributed by atoms with van der Waals surface area (Å²) >= 11 is 0. The number of β-amino-alcohol motifs (C(OH)–C–C–N with tert-alkyl or cyclic N) is 1. The Morgan fingerprint density at radius 1 is 1.35 bits per heavy atom. The minimum absolute atomic E-state index is 0.216. The van der Waals surface area contributed by atoms with Crippen molar-refractivity contribution in [2.45, 2.75) is 25.9 Å². The Bertz CT molecular complexity index is 359. The molecule has 0 spiro atoms. The lowest BCUT2D eigenvalue weighted by Gasteiger charge is -2.31. The van der Waals surface area contributed by atoms with Gasteiger partial charge in [0.2, 0.25) is 0 Å².